The number of alkyl halides is 2. The summed E-state index contributed by atoms with van der Waals surface area (Å²) in [6, 6.07) is 14.5. The number of nitrogens with zero attached hydrogens (tertiary/aromatic N) is 2. The molecule has 0 fully saturated rings. The molecule has 0 unspecified atom stereocenters. The van der Waals surface area contributed by atoms with Gasteiger partial charge >= 0.3 is 0 Å². The second-order valence-electron chi connectivity index (χ2n) is 7.94. The van der Waals surface area contributed by atoms with Crippen molar-refractivity contribution in [1.82, 2.24) is 9.78 Å². The Balaban J connectivity index is 1.94. The molecule has 0 spiro atoms. The van der Waals surface area contributed by atoms with Crippen molar-refractivity contribution in [2.24, 2.45) is 0 Å². The van der Waals surface area contributed by atoms with Crippen LogP contribution in [0, 0.1) is 6.92 Å². The number of benzene rings is 2. The molecule has 6 nitrogen and oxygen atoms in total. The number of aliphatic hydroxyl groups is 1. The highest BCUT2D eigenvalue weighted by atomic mass is 19.3. The fourth-order valence-electron chi connectivity index (χ4n) is 3.20. The van der Waals surface area contributed by atoms with Gasteiger partial charge in [-0.1, -0.05) is 36.4 Å². The number of halogens is 2. The van der Waals surface area contributed by atoms with Crippen LogP contribution in [0.15, 0.2) is 59.4 Å². The van der Waals surface area contributed by atoms with Crippen molar-refractivity contribution in [1.29, 1.82) is 0 Å². The van der Waals surface area contributed by atoms with Crippen LogP contribution in [0.4, 0.5) is 8.78 Å². The Bertz CT molecular complexity index is 1170. The molecule has 0 aliphatic rings. The van der Waals surface area contributed by atoms with Crippen molar-refractivity contribution in [3.63, 3.8) is 0 Å². The molecule has 0 bridgehead atoms. The van der Waals surface area contributed by atoms with E-state index in [0.29, 0.717) is 16.8 Å². The molecular weight excluding hydrogens is 418 g/mol. The molecule has 32 heavy (non-hydrogen) atoms. The van der Waals surface area contributed by atoms with E-state index in [2.05, 4.69) is 5.10 Å². The van der Waals surface area contributed by atoms with E-state index < -0.39 is 30.0 Å². The third-order valence-corrected chi connectivity index (χ3v) is 4.82. The zero-order chi connectivity index (χ0) is 23.5. The molecule has 1 heterocycles. The highest BCUT2D eigenvalue weighted by Gasteiger charge is 2.19. The van der Waals surface area contributed by atoms with Gasteiger partial charge in [-0.15, -0.1) is 0 Å². The van der Waals surface area contributed by atoms with Gasteiger partial charge in [0.25, 0.3) is 12.0 Å². The van der Waals surface area contributed by atoms with Crippen molar-refractivity contribution in [2.45, 2.75) is 39.2 Å². The van der Waals surface area contributed by atoms with Crippen LogP contribution in [-0.4, -0.2) is 33.7 Å². The number of carbonyl (C=O) groups is 1. The fraction of sp³-hybridized carbons (Fsp3) is 0.292. The number of aryl methyl sites for hydroxylation is 1. The number of aromatic nitrogens is 2. The lowest BCUT2D eigenvalue weighted by atomic mass is 9.95. The van der Waals surface area contributed by atoms with Crippen molar-refractivity contribution in [3.8, 4) is 11.4 Å². The summed E-state index contributed by atoms with van der Waals surface area (Å²) in [6.07, 6.45) is -2.70. The third kappa shape index (κ3) is 5.45. The Morgan fingerprint density at radius 1 is 1.16 bits per heavy atom. The van der Waals surface area contributed by atoms with Gasteiger partial charge in [0.05, 0.1) is 16.9 Å². The molecule has 0 saturated heterocycles. The summed E-state index contributed by atoms with van der Waals surface area (Å²) in [4.78, 5) is 26.0. The van der Waals surface area contributed by atoms with E-state index in [1.54, 1.807) is 57.2 Å². The highest BCUT2D eigenvalue weighted by molar-refractivity contribution is 5.97. The summed E-state index contributed by atoms with van der Waals surface area (Å²) in [5.41, 5.74) is 0.243. The van der Waals surface area contributed by atoms with Crippen LogP contribution >= 0.6 is 0 Å². The van der Waals surface area contributed by atoms with Gasteiger partial charge in [-0.25, -0.2) is 8.78 Å². The molecule has 8 heteroatoms. The summed E-state index contributed by atoms with van der Waals surface area (Å²) in [7, 11) is 0. The summed E-state index contributed by atoms with van der Waals surface area (Å²) in [6.45, 7) is 4.13. The third-order valence-electron chi connectivity index (χ3n) is 4.82. The minimum atomic E-state index is -2.68. The first kappa shape index (κ1) is 23.3. The van der Waals surface area contributed by atoms with Gasteiger partial charge in [0.2, 0.25) is 0 Å². The molecule has 168 valence electrons. The maximum Gasteiger partial charge on any atom is 0.282 e. The van der Waals surface area contributed by atoms with Crippen LogP contribution in [0.1, 0.15) is 41.0 Å². The molecule has 0 atom stereocenters. The molecule has 1 N–H and O–H groups in total. The van der Waals surface area contributed by atoms with Crippen LogP contribution in [0.25, 0.3) is 5.69 Å². The van der Waals surface area contributed by atoms with Crippen molar-refractivity contribution in [3.05, 3.63) is 87.3 Å². The number of carbonyl (C=O) groups excluding carboxylic acids is 1. The number of hydrogen-bond acceptors (Lipinski definition) is 5. The van der Waals surface area contributed by atoms with Gasteiger partial charge < -0.3 is 9.84 Å². The molecule has 0 radical (unpaired) electrons. The van der Waals surface area contributed by atoms with E-state index in [4.69, 9.17) is 4.74 Å². The van der Waals surface area contributed by atoms with Gasteiger partial charge in [-0.2, -0.15) is 9.78 Å². The van der Waals surface area contributed by atoms with E-state index in [1.807, 2.05) is 0 Å². The number of rotatable bonds is 8. The smallest absolute Gasteiger partial charge is 0.282 e. The predicted molar refractivity (Wildman–Crippen MR) is 116 cm³/mol. The normalized spacial score (nSPS) is 11.6. The molecule has 3 rings (SSSR count). The van der Waals surface area contributed by atoms with Gasteiger partial charge in [-0.3, -0.25) is 9.59 Å². The first-order valence-corrected chi connectivity index (χ1v) is 10.0. The lowest BCUT2D eigenvalue weighted by molar-refractivity contribution is 0.0785. The maximum atomic E-state index is 13.1. The van der Waals surface area contributed by atoms with Crippen LogP contribution in [0.5, 0.6) is 5.75 Å². The zero-order valence-corrected chi connectivity index (χ0v) is 18.0. The van der Waals surface area contributed by atoms with Crippen LogP contribution in [-0.2, 0) is 12.0 Å². The lowest BCUT2D eigenvalue weighted by Gasteiger charge is -2.17. The molecule has 2 aromatic carbocycles. The van der Waals surface area contributed by atoms with Crippen LogP contribution < -0.4 is 10.3 Å². The average molecular weight is 442 g/mol. The van der Waals surface area contributed by atoms with E-state index in [-0.39, 0.29) is 23.4 Å². The molecule has 3 aromatic rings. The number of Topliss-reactive ketones (excluding diaryl/α,β-unsaturated/α-hetero) is 1. The first-order valence-electron chi connectivity index (χ1n) is 10.0. The monoisotopic (exact) mass is 442 g/mol. The van der Waals surface area contributed by atoms with Crippen molar-refractivity contribution >= 4 is 5.78 Å². The second-order valence-corrected chi connectivity index (χ2v) is 7.94. The standard InChI is InChI=1S/C24H24F2N2O4/c1-15-12-18(20(29)13-16-8-10-17(11-9-16)24(2,3)31)23(30)28(27-15)19-6-4-5-7-21(19)32-14-22(25)26/h4-12,22,31H,13-14H2,1-3H3. The van der Waals surface area contributed by atoms with E-state index in [0.717, 1.165) is 4.68 Å². The Hall–Kier alpha value is -3.39. The van der Waals surface area contributed by atoms with E-state index >= 15 is 0 Å². The Labute approximate surface area is 184 Å². The minimum absolute atomic E-state index is 0.0195. The van der Waals surface area contributed by atoms with Gasteiger partial charge in [-0.05, 0) is 50.1 Å². The van der Waals surface area contributed by atoms with Gasteiger partial charge in [0.15, 0.2) is 5.78 Å². The largest absolute Gasteiger partial charge is 0.485 e. The first-order chi connectivity index (χ1) is 15.1. The number of hydrogen-bond donors (Lipinski definition) is 1. The predicted octanol–water partition coefficient (Wildman–Crippen LogP) is 3.84. The topological polar surface area (TPSA) is 81.4 Å². The van der Waals surface area contributed by atoms with Gasteiger partial charge in [0, 0.05) is 6.42 Å². The molecule has 0 aliphatic carbocycles. The zero-order valence-electron chi connectivity index (χ0n) is 18.0. The summed E-state index contributed by atoms with van der Waals surface area (Å²) >= 11 is 0. The lowest BCUT2D eigenvalue weighted by Crippen LogP contribution is -2.29. The van der Waals surface area contributed by atoms with Crippen LogP contribution in [0.2, 0.25) is 0 Å². The molecule has 0 amide bonds. The Kier molecular flexibility index (Phi) is 6.84. The van der Waals surface area contributed by atoms with Crippen molar-refractivity contribution < 1.29 is 23.4 Å². The molecule has 0 saturated carbocycles. The minimum Gasteiger partial charge on any atom is -0.485 e. The Morgan fingerprint density at radius 3 is 2.44 bits per heavy atom. The SMILES string of the molecule is Cc1cc(C(=O)Cc2ccc(C(C)(C)O)cc2)c(=O)n(-c2ccccc2OCC(F)F)n1. The van der Waals surface area contributed by atoms with Crippen molar-refractivity contribution in [2.75, 3.05) is 6.61 Å². The summed E-state index contributed by atoms with van der Waals surface area (Å²) in [5.74, 6) is -0.343. The molecular formula is C24H24F2N2O4. The maximum absolute atomic E-state index is 13.1. The molecule has 0 aliphatic heterocycles. The Morgan fingerprint density at radius 2 is 1.81 bits per heavy atom. The number of para-hydroxylation sites is 2. The average Bonchev–Trinajstić information content (AvgIpc) is 2.73. The van der Waals surface area contributed by atoms with E-state index in [1.165, 1.54) is 18.2 Å². The van der Waals surface area contributed by atoms with Gasteiger partial charge in [0.1, 0.15) is 18.0 Å². The quantitative estimate of drug-likeness (QED) is 0.536. The second kappa shape index (κ2) is 9.40. The number of ketones is 1. The summed E-state index contributed by atoms with van der Waals surface area (Å²) < 4.78 is 31.3. The number of ether oxygens (including phenoxy) is 1. The fourth-order valence-corrected chi connectivity index (χ4v) is 3.20. The van der Waals surface area contributed by atoms with Crippen LogP contribution in [0.3, 0.4) is 0 Å². The highest BCUT2D eigenvalue weighted by Crippen LogP contribution is 2.22. The molecule has 1 aromatic heterocycles. The summed E-state index contributed by atoms with van der Waals surface area (Å²) in [5, 5.41) is 14.2. The van der Waals surface area contributed by atoms with E-state index in [9.17, 15) is 23.5 Å².